The SMILES string of the molecule is CN(C(=O)c1cnc2ccccc2n1)C1CCc2ccccc21. The fraction of sp³-hybridized carbons (Fsp3) is 0.211. The summed E-state index contributed by atoms with van der Waals surface area (Å²) in [7, 11) is 1.85. The summed E-state index contributed by atoms with van der Waals surface area (Å²) >= 11 is 0. The Bertz CT molecular complexity index is 890. The molecule has 0 spiro atoms. The molecule has 4 rings (SSSR count). The van der Waals surface area contributed by atoms with E-state index >= 15 is 0 Å². The Morgan fingerprint density at radius 3 is 2.70 bits per heavy atom. The zero-order valence-electron chi connectivity index (χ0n) is 12.9. The highest BCUT2D eigenvalue weighted by molar-refractivity contribution is 5.94. The van der Waals surface area contributed by atoms with Crippen molar-refractivity contribution in [3.05, 3.63) is 71.5 Å². The van der Waals surface area contributed by atoms with Gasteiger partial charge in [-0.25, -0.2) is 4.98 Å². The largest absolute Gasteiger partial charge is 0.333 e. The number of aromatic nitrogens is 2. The highest BCUT2D eigenvalue weighted by Crippen LogP contribution is 2.35. The van der Waals surface area contributed by atoms with Gasteiger partial charge < -0.3 is 4.90 Å². The van der Waals surface area contributed by atoms with Gasteiger partial charge in [-0.15, -0.1) is 0 Å². The fourth-order valence-electron chi connectivity index (χ4n) is 3.32. The second-order valence-electron chi connectivity index (χ2n) is 5.91. The molecule has 1 aromatic heterocycles. The summed E-state index contributed by atoms with van der Waals surface area (Å²) in [5.41, 5.74) is 4.53. The lowest BCUT2D eigenvalue weighted by Gasteiger charge is -2.25. The summed E-state index contributed by atoms with van der Waals surface area (Å²) in [5, 5.41) is 0. The van der Waals surface area contributed by atoms with Crippen LogP contribution < -0.4 is 0 Å². The number of para-hydroxylation sites is 2. The second-order valence-corrected chi connectivity index (χ2v) is 5.91. The van der Waals surface area contributed by atoms with Gasteiger partial charge in [-0.3, -0.25) is 9.78 Å². The maximum atomic E-state index is 12.8. The molecule has 3 aromatic rings. The highest BCUT2D eigenvalue weighted by Gasteiger charge is 2.29. The Kier molecular flexibility index (Phi) is 3.30. The smallest absolute Gasteiger partial charge is 0.274 e. The van der Waals surface area contributed by atoms with Gasteiger partial charge in [0.1, 0.15) is 5.69 Å². The normalized spacial score (nSPS) is 16.3. The van der Waals surface area contributed by atoms with E-state index < -0.39 is 0 Å². The molecule has 1 aliphatic rings. The highest BCUT2D eigenvalue weighted by atomic mass is 16.2. The lowest BCUT2D eigenvalue weighted by atomic mass is 10.1. The van der Waals surface area contributed by atoms with Crippen LogP contribution in [-0.4, -0.2) is 27.8 Å². The number of hydrogen-bond acceptors (Lipinski definition) is 3. The first-order valence-electron chi connectivity index (χ1n) is 7.81. The van der Waals surface area contributed by atoms with E-state index in [0.29, 0.717) is 5.69 Å². The summed E-state index contributed by atoms with van der Waals surface area (Å²) in [6.45, 7) is 0. The number of hydrogen-bond donors (Lipinski definition) is 0. The van der Waals surface area contributed by atoms with Crippen LogP contribution in [0.1, 0.15) is 34.1 Å². The Morgan fingerprint density at radius 1 is 1.09 bits per heavy atom. The molecule has 1 unspecified atom stereocenters. The molecule has 2 aromatic carbocycles. The fourth-order valence-corrected chi connectivity index (χ4v) is 3.32. The molecule has 1 amide bonds. The Morgan fingerprint density at radius 2 is 1.83 bits per heavy atom. The first-order valence-corrected chi connectivity index (χ1v) is 7.81. The van der Waals surface area contributed by atoms with Crippen LogP contribution in [0.15, 0.2) is 54.7 Å². The van der Waals surface area contributed by atoms with Crippen LogP contribution in [-0.2, 0) is 6.42 Å². The van der Waals surface area contributed by atoms with Gasteiger partial charge in [0.2, 0.25) is 0 Å². The van der Waals surface area contributed by atoms with Crippen LogP contribution in [0, 0.1) is 0 Å². The number of carbonyl (C=O) groups is 1. The molecule has 0 aliphatic heterocycles. The molecule has 114 valence electrons. The van der Waals surface area contributed by atoms with Crippen LogP contribution in [0.3, 0.4) is 0 Å². The van der Waals surface area contributed by atoms with Crippen molar-refractivity contribution in [2.75, 3.05) is 7.05 Å². The second kappa shape index (κ2) is 5.47. The summed E-state index contributed by atoms with van der Waals surface area (Å²) in [6, 6.07) is 16.1. The monoisotopic (exact) mass is 303 g/mol. The van der Waals surface area contributed by atoms with Gasteiger partial charge in [0.25, 0.3) is 5.91 Å². The van der Waals surface area contributed by atoms with Gasteiger partial charge in [-0.2, -0.15) is 0 Å². The minimum atomic E-state index is -0.0787. The van der Waals surface area contributed by atoms with E-state index in [-0.39, 0.29) is 11.9 Å². The first kappa shape index (κ1) is 13.9. The average Bonchev–Trinajstić information content (AvgIpc) is 3.04. The minimum absolute atomic E-state index is 0.0787. The van der Waals surface area contributed by atoms with Crippen molar-refractivity contribution in [2.45, 2.75) is 18.9 Å². The molecule has 0 radical (unpaired) electrons. The van der Waals surface area contributed by atoms with Crippen molar-refractivity contribution >= 4 is 16.9 Å². The molecule has 1 atom stereocenters. The quantitative estimate of drug-likeness (QED) is 0.729. The van der Waals surface area contributed by atoms with E-state index in [1.54, 1.807) is 11.1 Å². The lowest BCUT2D eigenvalue weighted by molar-refractivity contribution is 0.0724. The number of aryl methyl sites for hydroxylation is 1. The third-order valence-electron chi connectivity index (χ3n) is 4.56. The van der Waals surface area contributed by atoms with E-state index in [2.05, 4.69) is 28.2 Å². The lowest BCUT2D eigenvalue weighted by Crippen LogP contribution is -2.30. The van der Waals surface area contributed by atoms with Gasteiger partial charge in [-0.05, 0) is 36.1 Å². The van der Waals surface area contributed by atoms with Crippen molar-refractivity contribution < 1.29 is 4.79 Å². The number of benzene rings is 2. The molecule has 4 nitrogen and oxygen atoms in total. The van der Waals surface area contributed by atoms with E-state index in [1.807, 2.05) is 37.4 Å². The van der Waals surface area contributed by atoms with E-state index in [4.69, 9.17) is 0 Å². The molecular weight excluding hydrogens is 286 g/mol. The number of nitrogens with zero attached hydrogens (tertiary/aromatic N) is 3. The number of rotatable bonds is 2. The van der Waals surface area contributed by atoms with Gasteiger partial charge in [-0.1, -0.05) is 36.4 Å². The topological polar surface area (TPSA) is 46.1 Å². The van der Waals surface area contributed by atoms with Gasteiger partial charge in [0, 0.05) is 7.05 Å². The molecule has 0 bridgehead atoms. The Labute approximate surface area is 134 Å². The summed E-state index contributed by atoms with van der Waals surface area (Å²) in [4.78, 5) is 23.4. The van der Waals surface area contributed by atoms with E-state index in [0.717, 1.165) is 23.9 Å². The molecule has 0 fully saturated rings. The maximum absolute atomic E-state index is 12.8. The average molecular weight is 303 g/mol. The molecule has 23 heavy (non-hydrogen) atoms. The number of fused-ring (bicyclic) bond motifs is 2. The molecule has 4 heteroatoms. The predicted molar refractivity (Wildman–Crippen MR) is 89.1 cm³/mol. The zero-order valence-corrected chi connectivity index (χ0v) is 12.9. The summed E-state index contributed by atoms with van der Waals surface area (Å²) in [6.07, 6.45) is 3.55. The van der Waals surface area contributed by atoms with Crippen LogP contribution in [0.4, 0.5) is 0 Å². The van der Waals surface area contributed by atoms with E-state index in [9.17, 15) is 4.79 Å². The van der Waals surface area contributed by atoms with Crippen molar-refractivity contribution in [2.24, 2.45) is 0 Å². The van der Waals surface area contributed by atoms with Gasteiger partial charge in [0.05, 0.1) is 23.3 Å². The standard InChI is InChI=1S/C19H17N3O/c1-22(18-11-10-13-6-2-3-7-14(13)18)19(23)17-12-20-15-8-4-5-9-16(15)21-17/h2-9,12,18H,10-11H2,1H3. The van der Waals surface area contributed by atoms with Gasteiger partial charge in [0.15, 0.2) is 0 Å². The third kappa shape index (κ3) is 2.36. The van der Waals surface area contributed by atoms with Crippen molar-refractivity contribution in [1.29, 1.82) is 0 Å². The van der Waals surface area contributed by atoms with Crippen molar-refractivity contribution in [3.8, 4) is 0 Å². The molecular formula is C19H17N3O. The predicted octanol–water partition coefficient (Wildman–Crippen LogP) is 3.39. The maximum Gasteiger partial charge on any atom is 0.274 e. The first-order chi connectivity index (χ1) is 11.2. The van der Waals surface area contributed by atoms with Crippen LogP contribution in [0.25, 0.3) is 11.0 Å². The Hall–Kier alpha value is -2.75. The molecule has 0 saturated carbocycles. The number of carbonyl (C=O) groups excluding carboxylic acids is 1. The van der Waals surface area contributed by atoms with Gasteiger partial charge >= 0.3 is 0 Å². The third-order valence-corrected chi connectivity index (χ3v) is 4.56. The van der Waals surface area contributed by atoms with Crippen LogP contribution in [0.2, 0.25) is 0 Å². The zero-order chi connectivity index (χ0) is 15.8. The number of amides is 1. The van der Waals surface area contributed by atoms with Crippen LogP contribution in [0.5, 0.6) is 0 Å². The van der Waals surface area contributed by atoms with Crippen LogP contribution >= 0.6 is 0 Å². The van der Waals surface area contributed by atoms with Crippen molar-refractivity contribution in [3.63, 3.8) is 0 Å². The minimum Gasteiger partial charge on any atom is -0.333 e. The molecule has 1 aliphatic carbocycles. The summed E-state index contributed by atoms with van der Waals surface area (Å²) < 4.78 is 0. The van der Waals surface area contributed by atoms with Crippen molar-refractivity contribution in [1.82, 2.24) is 14.9 Å². The summed E-state index contributed by atoms with van der Waals surface area (Å²) in [5.74, 6) is -0.0787. The molecule has 1 heterocycles. The Balaban J connectivity index is 1.65. The molecule has 0 saturated heterocycles. The molecule has 0 N–H and O–H groups in total. The van der Waals surface area contributed by atoms with E-state index in [1.165, 1.54) is 11.1 Å².